The van der Waals surface area contributed by atoms with Crippen LogP contribution in [0.5, 0.6) is 0 Å². The average molecular weight is 184 g/mol. The minimum absolute atomic E-state index is 0.189. The van der Waals surface area contributed by atoms with E-state index in [0.29, 0.717) is 0 Å². The van der Waals surface area contributed by atoms with Crippen LogP contribution in [-0.2, 0) is 14.3 Å². The standard InChI is InChI=1S/C8H12N2O3/c1-3-13-8(12)7(10)4-6(9)5(2)11/h9-10H,3-4H2,1-2H3. The van der Waals surface area contributed by atoms with Crippen molar-refractivity contribution in [1.29, 1.82) is 10.8 Å². The van der Waals surface area contributed by atoms with Crippen LogP contribution in [0.1, 0.15) is 20.3 Å². The van der Waals surface area contributed by atoms with Crippen molar-refractivity contribution in [2.24, 2.45) is 0 Å². The Labute approximate surface area is 76.1 Å². The average Bonchev–Trinajstić information content (AvgIpc) is 2.04. The summed E-state index contributed by atoms with van der Waals surface area (Å²) in [7, 11) is 0. The summed E-state index contributed by atoms with van der Waals surface area (Å²) in [6, 6.07) is 0. The van der Waals surface area contributed by atoms with Gasteiger partial charge in [-0.1, -0.05) is 0 Å². The molecule has 0 aliphatic rings. The van der Waals surface area contributed by atoms with Gasteiger partial charge in [0.05, 0.1) is 12.3 Å². The van der Waals surface area contributed by atoms with Gasteiger partial charge in [0.15, 0.2) is 5.78 Å². The van der Waals surface area contributed by atoms with Gasteiger partial charge < -0.3 is 10.1 Å². The molecule has 5 nitrogen and oxygen atoms in total. The second kappa shape index (κ2) is 5.18. The molecule has 0 rings (SSSR count). The Morgan fingerprint density at radius 3 is 2.15 bits per heavy atom. The van der Waals surface area contributed by atoms with Crippen LogP contribution in [0, 0.1) is 10.8 Å². The number of carbonyl (C=O) groups excluding carboxylic acids is 2. The van der Waals surface area contributed by atoms with Crippen LogP contribution in [0.3, 0.4) is 0 Å². The van der Waals surface area contributed by atoms with Gasteiger partial charge in [0.25, 0.3) is 0 Å². The molecule has 0 aromatic carbocycles. The molecule has 0 aliphatic carbocycles. The Balaban J connectivity index is 4.08. The zero-order valence-electron chi connectivity index (χ0n) is 7.64. The molecule has 0 amide bonds. The fourth-order valence-corrected chi connectivity index (χ4v) is 0.592. The van der Waals surface area contributed by atoms with E-state index in [-0.39, 0.29) is 24.5 Å². The highest BCUT2D eigenvalue weighted by Crippen LogP contribution is 1.92. The van der Waals surface area contributed by atoms with E-state index in [1.807, 2.05) is 0 Å². The van der Waals surface area contributed by atoms with Gasteiger partial charge >= 0.3 is 5.97 Å². The molecule has 0 bridgehead atoms. The molecule has 0 aromatic heterocycles. The minimum atomic E-state index is -0.770. The summed E-state index contributed by atoms with van der Waals surface area (Å²) in [5, 5.41) is 14.3. The van der Waals surface area contributed by atoms with E-state index >= 15 is 0 Å². The molecule has 0 unspecified atom stereocenters. The minimum Gasteiger partial charge on any atom is -0.462 e. The Hall–Kier alpha value is -1.52. The molecule has 2 N–H and O–H groups in total. The molecule has 0 aromatic rings. The van der Waals surface area contributed by atoms with Crippen LogP contribution >= 0.6 is 0 Å². The van der Waals surface area contributed by atoms with E-state index in [0.717, 1.165) is 0 Å². The summed E-state index contributed by atoms with van der Waals surface area (Å²) in [5.74, 6) is -1.21. The monoisotopic (exact) mass is 184 g/mol. The Morgan fingerprint density at radius 1 is 1.23 bits per heavy atom. The van der Waals surface area contributed by atoms with Crippen molar-refractivity contribution < 1.29 is 14.3 Å². The van der Waals surface area contributed by atoms with E-state index < -0.39 is 11.8 Å². The number of hydrogen-bond acceptors (Lipinski definition) is 5. The smallest absolute Gasteiger partial charge is 0.352 e. The van der Waals surface area contributed by atoms with E-state index in [1.165, 1.54) is 6.92 Å². The Morgan fingerprint density at radius 2 is 1.77 bits per heavy atom. The predicted octanol–water partition coefficient (Wildman–Crippen LogP) is 0.568. The first-order chi connectivity index (χ1) is 5.99. The summed E-state index contributed by atoms with van der Waals surface area (Å²) in [6.07, 6.45) is -0.256. The first kappa shape index (κ1) is 11.5. The third kappa shape index (κ3) is 4.15. The fraction of sp³-hybridized carbons (Fsp3) is 0.500. The van der Waals surface area contributed by atoms with Crippen molar-refractivity contribution in [3.63, 3.8) is 0 Å². The molecule has 13 heavy (non-hydrogen) atoms. The number of esters is 1. The van der Waals surface area contributed by atoms with Crippen LogP contribution in [0.15, 0.2) is 0 Å². The zero-order valence-corrected chi connectivity index (χ0v) is 7.64. The number of ketones is 1. The van der Waals surface area contributed by atoms with Crippen molar-refractivity contribution in [1.82, 2.24) is 0 Å². The van der Waals surface area contributed by atoms with E-state index in [4.69, 9.17) is 10.8 Å². The van der Waals surface area contributed by atoms with Gasteiger partial charge in [0, 0.05) is 13.3 Å². The summed E-state index contributed by atoms with van der Waals surface area (Å²) >= 11 is 0. The maximum Gasteiger partial charge on any atom is 0.352 e. The lowest BCUT2D eigenvalue weighted by Crippen LogP contribution is -2.22. The quantitative estimate of drug-likeness (QED) is 0.483. The SMILES string of the molecule is CCOC(=O)C(=N)CC(=N)C(C)=O. The number of carbonyl (C=O) groups is 2. The van der Waals surface area contributed by atoms with E-state index in [1.54, 1.807) is 6.92 Å². The van der Waals surface area contributed by atoms with Crippen molar-refractivity contribution in [2.75, 3.05) is 6.61 Å². The molecule has 0 aliphatic heterocycles. The molecule has 72 valence electrons. The van der Waals surface area contributed by atoms with Gasteiger partial charge in [-0.3, -0.25) is 10.2 Å². The topological polar surface area (TPSA) is 91.1 Å². The van der Waals surface area contributed by atoms with Crippen LogP contribution in [0.4, 0.5) is 0 Å². The van der Waals surface area contributed by atoms with Gasteiger partial charge in [0.1, 0.15) is 5.71 Å². The lowest BCUT2D eigenvalue weighted by atomic mass is 10.1. The van der Waals surface area contributed by atoms with Gasteiger partial charge in [-0.15, -0.1) is 0 Å². The fourth-order valence-electron chi connectivity index (χ4n) is 0.592. The normalized spacial score (nSPS) is 9.08. The molecule has 0 fully saturated rings. The molecular formula is C8H12N2O3. The van der Waals surface area contributed by atoms with Gasteiger partial charge in [0.2, 0.25) is 0 Å². The third-order valence-corrected chi connectivity index (χ3v) is 1.30. The van der Waals surface area contributed by atoms with E-state index in [9.17, 15) is 9.59 Å². The first-order valence-corrected chi connectivity index (χ1v) is 3.82. The number of nitrogens with one attached hydrogen (secondary N) is 2. The second-order valence-corrected chi connectivity index (χ2v) is 2.41. The van der Waals surface area contributed by atoms with E-state index in [2.05, 4.69) is 4.74 Å². The van der Waals surface area contributed by atoms with Crippen molar-refractivity contribution in [3.8, 4) is 0 Å². The molecule has 5 heteroatoms. The maximum absolute atomic E-state index is 10.8. The highest BCUT2D eigenvalue weighted by molar-refractivity contribution is 6.48. The van der Waals surface area contributed by atoms with Crippen LogP contribution in [0.2, 0.25) is 0 Å². The summed E-state index contributed by atoms with van der Waals surface area (Å²) in [5.41, 5.74) is -0.611. The largest absolute Gasteiger partial charge is 0.462 e. The highest BCUT2D eigenvalue weighted by atomic mass is 16.5. The molecule has 0 spiro atoms. The molecule has 0 saturated heterocycles. The summed E-state index contributed by atoms with van der Waals surface area (Å²) in [4.78, 5) is 21.4. The molecule has 0 heterocycles. The number of Topliss-reactive ketones (excluding diaryl/α,β-unsaturated/α-hetero) is 1. The third-order valence-electron chi connectivity index (χ3n) is 1.30. The second-order valence-electron chi connectivity index (χ2n) is 2.41. The van der Waals surface area contributed by atoms with Crippen LogP contribution in [-0.4, -0.2) is 29.8 Å². The zero-order chi connectivity index (χ0) is 10.4. The van der Waals surface area contributed by atoms with Crippen molar-refractivity contribution in [2.45, 2.75) is 20.3 Å². The molecule has 0 radical (unpaired) electrons. The van der Waals surface area contributed by atoms with Crippen LogP contribution in [0.25, 0.3) is 0 Å². The molecule has 0 atom stereocenters. The Bertz CT molecular complexity index is 258. The predicted molar refractivity (Wildman–Crippen MR) is 47.4 cm³/mol. The van der Waals surface area contributed by atoms with Gasteiger partial charge in [-0.2, -0.15) is 0 Å². The van der Waals surface area contributed by atoms with Gasteiger partial charge in [-0.25, -0.2) is 4.79 Å². The highest BCUT2D eigenvalue weighted by Gasteiger charge is 2.14. The van der Waals surface area contributed by atoms with Crippen LogP contribution < -0.4 is 0 Å². The first-order valence-electron chi connectivity index (χ1n) is 3.82. The number of hydrogen-bond donors (Lipinski definition) is 2. The molecule has 0 saturated carbocycles. The number of rotatable bonds is 5. The van der Waals surface area contributed by atoms with Gasteiger partial charge in [-0.05, 0) is 6.92 Å². The van der Waals surface area contributed by atoms with Crippen molar-refractivity contribution >= 4 is 23.2 Å². The lowest BCUT2D eigenvalue weighted by molar-refractivity contribution is -0.135. The maximum atomic E-state index is 10.8. The number of ether oxygens (including phenoxy) is 1. The summed E-state index contributed by atoms with van der Waals surface area (Å²) in [6.45, 7) is 3.04. The Kier molecular flexibility index (Phi) is 4.58. The van der Waals surface area contributed by atoms with Crippen molar-refractivity contribution in [3.05, 3.63) is 0 Å². The lowest BCUT2D eigenvalue weighted by Gasteiger charge is -2.02. The molecular weight excluding hydrogens is 172 g/mol. The summed E-state index contributed by atoms with van der Waals surface area (Å²) < 4.78 is 4.51.